The molecule has 1 unspecified atom stereocenters. The van der Waals surface area contributed by atoms with Gasteiger partial charge >= 0.3 is 0 Å². The highest BCUT2D eigenvalue weighted by Crippen LogP contribution is 2.12. The molecule has 0 saturated heterocycles. The lowest BCUT2D eigenvalue weighted by molar-refractivity contribution is 0.414. The van der Waals surface area contributed by atoms with Crippen LogP contribution in [0.1, 0.15) is 5.56 Å². The van der Waals surface area contributed by atoms with Crippen molar-refractivity contribution in [1.82, 2.24) is 4.31 Å². The van der Waals surface area contributed by atoms with Crippen LogP contribution in [-0.2, 0) is 17.5 Å². The molecule has 1 aromatic carbocycles. The molecule has 0 bridgehead atoms. The van der Waals surface area contributed by atoms with Crippen LogP contribution in [0.2, 0.25) is 0 Å². The highest BCUT2D eigenvalue weighted by molar-refractivity contribution is 7.81. The number of ether oxygens (including phenoxy) is 1. The normalized spacial score (nSPS) is 12.9. The zero-order chi connectivity index (χ0) is 10.6. The number of hydrogen-bond donors (Lipinski definition) is 0. The molecule has 0 aliphatic heterocycles. The minimum Gasteiger partial charge on any atom is -0.497 e. The maximum atomic E-state index is 11.1. The molecule has 0 spiro atoms. The fraction of sp³-hybridized carbons (Fsp3) is 0.400. The summed E-state index contributed by atoms with van der Waals surface area (Å²) in [5.41, 5.74) is 1.13. The summed E-state index contributed by atoms with van der Waals surface area (Å²) in [7, 11) is 2.56. The van der Waals surface area contributed by atoms with Crippen LogP contribution in [-0.4, -0.2) is 28.9 Å². The first-order valence-corrected chi connectivity index (χ1v) is 5.82. The fourth-order valence-electron chi connectivity index (χ4n) is 1.08. The van der Waals surface area contributed by atoms with Crippen molar-refractivity contribution in [2.24, 2.45) is 0 Å². The topological polar surface area (TPSA) is 29.5 Å². The summed E-state index contributed by atoms with van der Waals surface area (Å²) in [5, 5.41) is 0. The van der Waals surface area contributed by atoms with Crippen LogP contribution in [0.25, 0.3) is 0 Å². The molecule has 14 heavy (non-hydrogen) atoms. The summed E-state index contributed by atoms with van der Waals surface area (Å²) >= 11 is 0. The molecule has 0 aliphatic rings. The Labute approximate surface area is 87.3 Å². The Morgan fingerprint density at radius 2 is 1.93 bits per heavy atom. The molecule has 0 heterocycles. The van der Waals surface area contributed by atoms with Crippen LogP contribution in [0.3, 0.4) is 0 Å². The van der Waals surface area contributed by atoms with E-state index in [-0.39, 0.29) is 0 Å². The number of benzene rings is 1. The summed E-state index contributed by atoms with van der Waals surface area (Å²) in [6.07, 6.45) is 1.67. The SMILES string of the molecule is COc1ccc(CN(C)S(C)=O)cc1. The monoisotopic (exact) mass is 213 g/mol. The minimum atomic E-state index is -0.916. The van der Waals surface area contributed by atoms with Gasteiger partial charge in [0.15, 0.2) is 0 Å². The first kappa shape index (κ1) is 11.2. The first-order chi connectivity index (χ1) is 6.63. The van der Waals surface area contributed by atoms with Gasteiger partial charge in [0, 0.05) is 19.8 Å². The molecule has 1 atom stereocenters. The number of hydrogen-bond acceptors (Lipinski definition) is 2. The van der Waals surface area contributed by atoms with Gasteiger partial charge in [-0.3, -0.25) is 0 Å². The van der Waals surface area contributed by atoms with E-state index in [9.17, 15) is 4.21 Å². The van der Waals surface area contributed by atoms with Gasteiger partial charge in [-0.25, -0.2) is 8.51 Å². The lowest BCUT2D eigenvalue weighted by Gasteiger charge is -2.12. The molecular formula is C10H15NO2S. The molecule has 0 aromatic heterocycles. The molecule has 0 aliphatic carbocycles. The first-order valence-electron chi connectivity index (χ1n) is 4.31. The zero-order valence-corrected chi connectivity index (χ0v) is 9.50. The van der Waals surface area contributed by atoms with Gasteiger partial charge < -0.3 is 4.74 Å². The van der Waals surface area contributed by atoms with E-state index in [4.69, 9.17) is 4.74 Å². The fourth-order valence-corrected chi connectivity index (χ4v) is 1.41. The van der Waals surface area contributed by atoms with Gasteiger partial charge in [0.2, 0.25) is 0 Å². The molecule has 78 valence electrons. The van der Waals surface area contributed by atoms with Gasteiger partial charge in [-0.05, 0) is 17.7 Å². The second-order valence-electron chi connectivity index (χ2n) is 3.06. The highest BCUT2D eigenvalue weighted by Gasteiger charge is 2.02. The van der Waals surface area contributed by atoms with Gasteiger partial charge in [-0.1, -0.05) is 12.1 Å². The summed E-state index contributed by atoms with van der Waals surface area (Å²) in [4.78, 5) is 0. The van der Waals surface area contributed by atoms with E-state index < -0.39 is 11.0 Å². The van der Waals surface area contributed by atoms with Gasteiger partial charge in [0.1, 0.15) is 5.75 Å². The van der Waals surface area contributed by atoms with Crippen LogP contribution in [0.15, 0.2) is 24.3 Å². The Bertz CT molecular complexity index is 310. The summed E-state index contributed by atoms with van der Waals surface area (Å²) in [5.74, 6) is 0.842. The van der Waals surface area contributed by atoms with Gasteiger partial charge in [-0.2, -0.15) is 0 Å². The zero-order valence-electron chi connectivity index (χ0n) is 8.69. The van der Waals surface area contributed by atoms with Crippen LogP contribution in [0.4, 0.5) is 0 Å². The van der Waals surface area contributed by atoms with Crippen LogP contribution < -0.4 is 4.74 Å². The maximum Gasteiger partial charge on any atom is 0.118 e. The molecule has 1 rings (SSSR count). The smallest absolute Gasteiger partial charge is 0.118 e. The molecule has 0 saturated carbocycles. The van der Waals surface area contributed by atoms with E-state index in [0.29, 0.717) is 6.54 Å². The van der Waals surface area contributed by atoms with Crippen molar-refractivity contribution in [3.63, 3.8) is 0 Å². The van der Waals surface area contributed by atoms with Gasteiger partial charge in [0.05, 0.1) is 18.1 Å². The molecule has 0 fully saturated rings. The quantitative estimate of drug-likeness (QED) is 0.757. The molecule has 0 amide bonds. The van der Waals surface area contributed by atoms with Crippen molar-refractivity contribution in [2.45, 2.75) is 6.54 Å². The summed E-state index contributed by atoms with van der Waals surface area (Å²) in [6, 6.07) is 7.76. The van der Waals surface area contributed by atoms with Crippen molar-refractivity contribution < 1.29 is 8.95 Å². The predicted molar refractivity (Wildman–Crippen MR) is 58.5 cm³/mol. The number of rotatable bonds is 4. The van der Waals surface area contributed by atoms with Crippen molar-refractivity contribution in [3.8, 4) is 5.75 Å². The van der Waals surface area contributed by atoms with Crippen molar-refractivity contribution in [1.29, 1.82) is 0 Å². The van der Waals surface area contributed by atoms with Gasteiger partial charge in [0.25, 0.3) is 0 Å². The summed E-state index contributed by atoms with van der Waals surface area (Å²) < 4.78 is 17.9. The lowest BCUT2D eigenvalue weighted by Crippen LogP contribution is -2.19. The second kappa shape index (κ2) is 5.12. The molecule has 0 N–H and O–H groups in total. The van der Waals surface area contributed by atoms with Crippen LogP contribution in [0, 0.1) is 0 Å². The minimum absolute atomic E-state index is 0.688. The Kier molecular flexibility index (Phi) is 4.10. The largest absolute Gasteiger partial charge is 0.497 e. The molecule has 4 heteroatoms. The standard InChI is InChI=1S/C10H15NO2S/c1-11(14(3)12)8-9-4-6-10(13-2)7-5-9/h4-7H,8H2,1-3H3. The second-order valence-corrected chi connectivity index (χ2v) is 4.53. The van der Waals surface area contributed by atoms with E-state index in [1.54, 1.807) is 17.7 Å². The third kappa shape index (κ3) is 3.12. The Hall–Kier alpha value is -0.870. The van der Waals surface area contributed by atoms with Crippen LogP contribution >= 0.6 is 0 Å². The van der Waals surface area contributed by atoms with Crippen molar-refractivity contribution >= 4 is 11.0 Å². The maximum absolute atomic E-state index is 11.1. The van der Waals surface area contributed by atoms with E-state index in [0.717, 1.165) is 11.3 Å². The Balaban J connectivity index is 2.64. The van der Waals surface area contributed by atoms with E-state index >= 15 is 0 Å². The average molecular weight is 213 g/mol. The van der Waals surface area contributed by atoms with E-state index in [1.165, 1.54) is 0 Å². The Morgan fingerprint density at radius 3 is 2.36 bits per heavy atom. The predicted octanol–water partition coefficient (Wildman–Crippen LogP) is 1.42. The van der Waals surface area contributed by atoms with Crippen molar-refractivity contribution in [3.05, 3.63) is 29.8 Å². The van der Waals surface area contributed by atoms with Gasteiger partial charge in [-0.15, -0.1) is 0 Å². The third-order valence-corrected chi connectivity index (χ3v) is 3.01. The van der Waals surface area contributed by atoms with E-state index in [2.05, 4.69) is 0 Å². The number of nitrogens with zero attached hydrogens (tertiary/aromatic N) is 1. The highest BCUT2D eigenvalue weighted by atomic mass is 32.2. The molecule has 1 aromatic rings. The third-order valence-electron chi connectivity index (χ3n) is 2.00. The summed E-state index contributed by atoms with van der Waals surface area (Å²) in [6.45, 7) is 0.688. The number of methoxy groups -OCH3 is 1. The average Bonchev–Trinajstić information content (AvgIpc) is 2.19. The Morgan fingerprint density at radius 1 is 1.36 bits per heavy atom. The molecular weight excluding hydrogens is 198 g/mol. The van der Waals surface area contributed by atoms with Crippen molar-refractivity contribution in [2.75, 3.05) is 20.4 Å². The van der Waals surface area contributed by atoms with E-state index in [1.807, 2.05) is 31.3 Å². The molecule has 3 nitrogen and oxygen atoms in total. The van der Waals surface area contributed by atoms with Crippen LogP contribution in [0.5, 0.6) is 5.75 Å². The molecule has 0 radical (unpaired) electrons. The lowest BCUT2D eigenvalue weighted by atomic mass is 10.2.